The van der Waals surface area contributed by atoms with Gasteiger partial charge in [0.25, 0.3) is 0 Å². The summed E-state index contributed by atoms with van der Waals surface area (Å²) in [5.74, 6) is 0.414. The van der Waals surface area contributed by atoms with Crippen LogP contribution in [-0.2, 0) is 14.8 Å². The highest BCUT2D eigenvalue weighted by Gasteiger charge is 2.41. The van der Waals surface area contributed by atoms with Crippen LogP contribution in [-0.4, -0.2) is 58.9 Å². The quantitative estimate of drug-likeness (QED) is 0.755. The fraction of sp³-hybridized carbons (Fsp3) is 0.600. The average molecular weight is 383 g/mol. The molecule has 1 aromatic carbocycles. The van der Waals surface area contributed by atoms with Crippen LogP contribution in [0.15, 0.2) is 23.1 Å². The highest BCUT2D eigenvalue weighted by molar-refractivity contribution is 7.89. The smallest absolute Gasteiger partial charge is 0.402 e. The molecular weight excluding hydrogens is 363 g/mol. The van der Waals surface area contributed by atoms with Gasteiger partial charge < -0.3 is 14.2 Å². The largest absolute Gasteiger partial charge is 0.493 e. The molecule has 25 heavy (non-hydrogen) atoms. The number of ether oxygens (including phenoxy) is 3. The fourth-order valence-corrected chi connectivity index (χ4v) is 4.36. The summed E-state index contributed by atoms with van der Waals surface area (Å²) in [5.41, 5.74) is 0. The maximum atomic E-state index is 13.0. The number of hydrogen-bond acceptors (Lipinski definition) is 5. The molecule has 6 nitrogen and oxygen atoms in total. The number of rotatable bonds is 6. The molecule has 1 heterocycles. The van der Waals surface area contributed by atoms with E-state index in [-0.39, 0.29) is 42.4 Å². The van der Waals surface area contributed by atoms with Crippen LogP contribution in [0.25, 0.3) is 0 Å². The lowest BCUT2D eigenvalue weighted by molar-refractivity contribution is -0.141. The first kappa shape index (κ1) is 19.8. The molecule has 0 N–H and O–H groups in total. The predicted octanol–water partition coefficient (Wildman–Crippen LogP) is 2.44. The van der Waals surface area contributed by atoms with Gasteiger partial charge in [-0.2, -0.15) is 17.5 Å². The van der Waals surface area contributed by atoms with Gasteiger partial charge in [0.15, 0.2) is 11.5 Å². The molecule has 10 heteroatoms. The highest BCUT2D eigenvalue weighted by Crippen LogP contribution is 2.33. The molecule has 2 rings (SSSR count). The van der Waals surface area contributed by atoms with Crippen molar-refractivity contribution in [2.24, 2.45) is 0 Å². The Morgan fingerprint density at radius 1 is 1.16 bits per heavy atom. The van der Waals surface area contributed by atoms with Crippen molar-refractivity contribution in [3.63, 3.8) is 0 Å². The van der Waals surface area contributed by atoms with Crippen LogP contribution in [0.2, 0.25) is 0 Å². The molecule has 0 spiro atoms. The highest BCUT2D eigenvalue weighted by atomic mass is 32.2. The maximum Gasteiger partial charge on any atom is 0.402 e. The molecule has 0 aliphatic carbocycles. The molecule has 1 aliphatic heterocycles. The van der Waals surface area contributed by atoms with Gasteiger partial charge in [-0.15, -0.1) is 0 Å². The van der Waals surface area contributed by atoms with E-state index in [0.717, 1.165) is 6.07 Å². The maximum absolute atomic E-state index is 13.0. The van der Waals surface area contributed by atoms with Crippen LogP contribution in [0.1, 0.15) is 12.8 Å². The minimum absolute atomic E-state index is 0.127. The summed E-state index contributed by atoms with van der Waals surface area (Å²) >= 11 is 0. The third-order valence-electron chi connectivity index (χ3n) is 3.89. The lowest BCUT2D eigenvalue weighted by Gasteiger charge is -2.33. The Hall–Kier alpha value is -1.52. The predicted molar refractivity (Wildman–Crippen MR) is 83.3 cm³/mol. The molecular formula is C15H20F3NO5S. The summed E-state index contributed by atoms with van der Waals surface area (Å²) in [6, 6.07) is 2.95. The molecule has 0 saturated carbocycles. The molecule has 1 aliphatic rings. The van der Waals surface area contributed by atoms with E-state index in [1.165, 1.54) is 26.4 Å². The molecule has 0 amide bonds. The zero-order valence-electron chi connectivity index (χ0n) is 13.9. The van der Waals surface area contributed by atoms with Crippen molar-refractivity contribution in [1.29, 1.82) is 0 Å². The van der Waals surface area contributed by atoms with E-state index in [2.05, 4.69) is 0 Å². The van der Waals surface area contributed by atoms with Gasteiger partial charge in [-0.05, 0) is 25.0 Å². The summed E-state index contributed by atoms with van der Waals surface area (Å²) in [5, 5.41) is 0. The van der Waals surface area contributed by atoms with E-state index in [1.54, 1.807) is 0 Å². The van der Waals surface area contributed by atoms with Gasteiger partial charge in [0.05, 0.1) is 19.1 Å². The zero-order chi connectivity index (χ0) is 18.7. The van der Waals surface area contributed by atoms with Gasteiger partial charge in [0.2, 0.25) is 10.0 Å². The third kappa shape index (κ3) is 4.77. The van der Waals surface area contributed by atoms with E-state index in [0.29, 0.717) is 4.31 Å². The molecule has 0 radical (unpaired) electrons. The first-order chi connectivity index (χ1) is 11.7. The monoisotopic (exact) mass is 383 g/mol. The summed E-state index contributed by atoms with van der Waals surface area (Å²) < 4.78 is 80.4. The first-order valence-corrected chi connectivity index (χ1v) is 9.01. The topological polar surface area (TPSA) is 65.1 Å². The minimum Gasteiger partial charge on any atom is -0.493 e. The normalized spacial score (nSPS) is 16.9. The summed E-state index contributed by atoms with van der Waals surface area (Å²) in [4.78, 5) is -0.277. The molecule has 1 aromatic rings. The lowest BCUT2D eigenvalue weighted by atomic mass is 10.1. The molecule has 142 valence electrons. The number of benzene rings is 1. The van der Waals surface area contributed by atoms with Crippen molar-refractivity contribution in [2.45, 2.75) is 30.0 Å². The van der Waals surface area contributed by atoms with Gasteiger partial charge in [-0.25, -0.2) is 8.42 Å². The number of alkyl halides is 3. The van der Waals surface area contributed by atoms with Gasteiger partial charge >= 0.3 is 6.18 Å². The van der Waals surface area contributed by atoms with Crippen molar-refractivity contribution in [2.75, 3.05) is 34.0 Å². The van der Waals surface area contributed by atoms with E-state index < -0.39 is 28.8 Å². The number of sulfonamides is 1. The van der Waals surface area contributed by atoms with Crippen LogP contribution in [0.5, 0.6) is 11.5 Å². The van der Waals surface area contributed by atoms with Crippen molar-refractivity contribution in [3.05, 3.63) is 18.2 Å². The van der Waals surface area contributed by atoms with Crippen LogP contribution < -0.4 is 9.47 Å². The second kappa shape index (κ2) is 7.79. The molecule has 0 aromatic heterocycles. The molecule has 0 unspecified atom stereocenters. The van der Waals surface area contributed by atoms with Crippen molar-refractivity contribution in [1.82, 2.24) is 4.31 Å². The zero-order valence-corrected chi connectivity index (χ0v) is 14.7. The van der Waals surface area contributed by atoms with E-state index in [9.17, 15) is 21.6 Å². The standard InChI is InChI=1S/C15H20F3NO5S/c1-22-13-4-3-12(9-14(13)23-2)25(20,21)19(10-15(16,17)18)11-5-7-24-8-6-11/h3-4,9,11H,5-8,10H2,1-2H3. The van der Waals surface area contributed by atoms with E-state index in [4.69, 9.17) is 14.2 Å². The van der Waals surface area contributed by atoms with Crippen molar-refractivity contribution in [3.8, 4) is 11.5 Å². The number of methoxy groups -OCH3 is 2. The van der Waals surface area contributed by atoms with E-state index in [1.807, 2.05) is 0 Å². The molecule has 1 fully saturated rings. The Morgan fingerprint density at radius 2 is 1.76 bits per heavy atom. The van der Waals surface area contributed by atoms with Crippen molar-refractivity contribution < 1.29 is 35.8 Å². The van der Waals surface area contributed by atoms with Crippen LogP contribution >= 0.6 is 0 Å². The Labute approximate surface area is 144 Å². The molecule has 0 bridgehead atoms. The Balaban J connectivity index is 2.43. The minimum atomic E-state index is -4.65. The summed E-state index contributed by atoms with van der Waals surface area (Å²) in [7, 11) is -1.67. The second-order valence-electron chi connectivity index (χ2n) is 5.53. The second-order valence-corrected chi connectivity index (χ2v) is 7.42. The number of halogens is 3. The average Bonchev–Trinajstić information content (AvgIpc) is 2.58. The van der Waals surface area contributed by atoms with Crippen molar-refractivity contribution >= 4 is 10.0 Å². The third-order valence-corrected chi connectivity index (χ3v) is 5.79. The molecule has 1 saturated heterocycles. The van der Waals surface area contributed by atoms with Gasteiger partial charge in [0, 0.05) is 25.3 Å². The van der Waals surface area contributed by atoms with Gasteiger partial charge in [0.1, 0.15) is 6.54 Å². The summed E-state index contributed by atoms with van der Waals surface area (Å²) in [6.07, 6.45) is -4.23. The number of nitrogens with zero attached hydrogens (tertiary/aromatic N) is 1. The fourth-order valence-electron chi connectivity index (χ4n) is 2.67. The van der Waals surface area contributed by atoms with Gasteiger partial charge in [-0.3, -0.25) is 0 Å². The lowest BCUT2D eigenvalue weighted by Crippen LogP contribution is -2.47. The molecule has 0 atom stereocenters. The van der Waals surface area contributed by atoms with Crippen LogP contribution in [0.4, 0.5) is 13.2 Å². The number of hydrogen-bond donors (Lipinski definition) is 0. The van der Waals surface area contributed by atoms with Gasteiger partial charge in [-0.1, -0.05) is 0 Å². The van der Waals surface area contributed by atoms with E-state index >= 15 is 0 Å². The van der Waals surface area contributed by atoms with Crippen LogP contribution in [0.3, 0.4) is 0 Å². The Morgan fingerprint density at radius 3 is 2.28 bits per heavy atom. The summed E-state index contributed by atoms with van der Waals surface area (Å²) in [6.45, 7) is -1.10. The SMILES string of the molecule is COc1ccc(S(=O)(=O)N(CC(F)(F)F)C2CCOCC2)cc1OC. The Bertz CT molecular complexity index is 687. The first-order valence-electron chi connectivity index (χ1n) is 7.57. The Kier molecular flexibility index (Phi) is 6.17. The van der Waals surface area contributed by atoms with Crippen LogP contribution in [0, 0.1) is 0 Å².